The average Bonchev–Trinajstić information content (AvgIpc) is 2.69. The standard InChI is InChI=1S/C13H23NO/c1-13(2)8-4-3-7-11(13)12(15)14-9-5-6-10-14/h11H,3-10H2,1-2H3. The molecule has 2 fully saturated rings. The van der Waals surface area contributed by atoms with E-state index in [1.54, 1.807) is 0 Å². The van der Waals surface area contributed by atoms with Crippen LogP contribution in [0.1, 0.15) is 52.4 Å². The summed E-state index contributed by atoms with van der Waals surface area (Å²) >= 11 is 0. The van der Waals surface area contributed by atoms with Crippen molar-refractivity contribution in [3.8, 4) is 0 Å². The number of carbonyl (C=O) groups excluding carboxylic acids is 1. The second kappa shape index (κ2) is 4.15. The summed E-state index contributed by atoms with van der Waals surface area (Å²) in [6, 6.07) is 0. The predicted molar refractivity (Wildman–Crippen MR) is 61.6 cm³/mol. The smallest absolute Gasteiger partial charge is 0.226 e. The molecule has 1 aliphatic heterocycles. The topological polar surface area (TPSA) is 20.3 Å². The van der Waals surface area contributed by atoms with Gasteiger partial charge in [-0.1, -0.05) is 26.7 Å². The van der Waals surface area contributed by atoms with Crippen LogP contribution < -0.4 is 0 Å². The van der Waals surface area contributed by atoms with E-state index in [1.165, 1.54) is 32.1 Å². The molecular weight excluding hydrogens is 186 g/mol. The first-order valence-corrected chi connectivity index (χ1v) is 6.40. The van der Waals surface area contributed by atoms with Gasteiger partial charge in [0.15, 0.2) is 0 Å². The highest BCUT2D eigenvalue weighted by Crippen LogP contribution is 2.41. The molecule has 2 heteroatoms. The molecule has 1 atom stereocenters. The van der Waals surface area contributed by atoms with Crippen molar-refractivity contribution < 1.29 is 4.79 Å². The molecule has 1 aliphatic carbocycles. The van der Waals surface area contributed by atoms with Gasteiger partial charge in [-0.05, 0) is 31.1 Å². The van der Waals surface area contributed by atoms with Crippen molar-refractivity contribution in [3.63, 3.8) is 0 Å². The fraction of sp³-hybridized carbons (Fsp3) is 0.923. The zero-order chi connectivity index (χ0) is 10.9. The maximum absolute atomic E-state index is 12.3. The van der Waals surface area contributed by atoms with Crippen molar-refractivity contribution in [1.29, 1.82) is 0 Å². The van der Waals surface area contributed by atoms with E-state index in [0.29, 0.717) is 11.8 Å². The number of amides is 1. The minimum absolute atomic E-state index is 0.234. The fourth-order valence-electron chi connectivity index (χ4n) is 3.11. The third-order valence-corrected chi connectivity index (χ3v) is 4.22. The molecule has 0 aromatic heterocycles. The van der Waals surface area contributed by atoms with E-state index in [0.717, 1.165) is 19.5 Å². The van der Waals surface area contributed by atoms with Gasteiger partial charge in [-0.2, -0.15) is 0 Å². The van der Waals surface area contributed by atoms with Crippen LogP contribution >= 0.6 is 0 Å². The Morgan fingerprint density at radius 2 is 1.80 bits per heavy atom. The van der Waals surface area contributed by atoms with E-state index in [2.05, 4.69) is 18.7 Å². The number of hydrogen-bond acceptors (Lipinski definition) is 1. The van der Waals surface area contributed by atoms with Gasteiger partial charge in [0.05, 0.1) is 0 Å². The highest BCUT2D eigenvalue weighted by Gasteiger charge is 2.39. The van der Waals surface area contributed by atoms with Crippen LogP contribution in [0.5, 0.6) is 0 Å². The van der Waals surface area contributed by atoms with Gasteiger partial charge in [-0.15, -0.1) is 0 Å². The first-order chi connectivity index (χ1) is 7.11. The van der Waals surface area contributed by atoms with Gasteiger partial charge in [0.1, 0.15) is 0 Å². The zero-order valence-corrected chi connectivity index (χ0v) is 10.1. The minimum atomic E-state index is 0.234. The molecule has 0 bridgehead atoms. The van der Waals surface area contributed by atoms with Crippen molar-refractivity contribution in [2.75, 3.05) is 13.1 Å². The van der Waals surface area contributed by atoms with Crippen molar-refractivity contribution in [2.24, 2.45) is 11.3 Å². The van der Waals surface area contributed by atoms with Crippen molar-refractivity contribution in [1.82, 2.24) is 4.90 Å². The van der Waals surface area contributed by atoms with Gasteiger partial charge >= 0.3 is 0 Å². The maximum atomic E-state index is 12.3. The normalized spacial score (nSPS) is 30.5. The van der Waals surface area contributed by atoms with Crippen LogP contribution in [0.25, 0.3) is 0 Å². The fourth-order valence-corrected chi connectivity index (χ4v) is 3.11. The lowest BCUT2D eigenvalue weighted by Crippen LogP contribution is -2.42. The van der Waals surface area contributed by atoms with E-state index in [1.807, 2.05) is 0 Å². The second-order valence-electron chi connectivity index (χ2n) is 5.82. The average molecular weight is 209 g/mol. The Balaban J connectivity index is 2.04. The highest BCUT2D eigenvalue weighted by atomic mass is 16.2. The summed E-state index contributed by atoms with van der Waals surface area (Å²) in [5.41, 5.74) is 0.234. The Kier molecular flexibility index (Phi) is 3.03. The number of nitrogens with zero attached hydrogens (tertiary/aromatic N) is 1. The first kappa shape index (κ1) is 11.0. The molecule has 1 saturated carbocycles. The molecule has 2 rings (SSSR count). The van der Waals surface area contributed by atoms with Crippen molar-refractivity contribution in [2.45, 2.75) is 52.4 Å². The number of carbonyl (C=O) groups is 1. The summed E-state index contributed by atoms with van der Waals surface area (Å²) in [5.74, 6) is 0.738. The van der Waals surface area contributed by atoms with Crippen LogP contribution in [0.4, 0.5) is 0 Å². The monoisotopic (exact) mass is 209 g/mol. The summed E-state index contributed by atoms with van der Waals surface area (Å²) in [5, 5.41) is 0. The third kappa shape index (κ3) is 2.19. The number of hydrogen-bond donors (Lipinski definition) is 0. The van der Waals surface area contributed by atoms with Crippen LogP contribution in [-0.4, -0.2) is 23.9 Å². The maximum Gasteiger partial charge on any atom is 0.226 e. The van der Waals surface area contributed by atoms with Crippen LogP contribution in [0.2, 0.25) is 0 Å². The highest BCUT2D eigenvalue weighted by molar-refractivity contribution is 5.80. The molecule has 0 aromatic carbocycles. The summed E-state index contributed by atoms with van der Waals surface area (Å²) in [6.07, 6.45) is 7.29. The van der Waals surface area contributed by atoms with Crippen molar-refractivity contribution in [3.05, 3.63) is 0 Å². The molecule has 1 heterocycles. The van der Waals surface area contributed by atoms with E-state index in [9.17, 15) is 4.79 Å². The largest absolute Gasteiger partial charge is 0.342 e. The molecule has 2 aliphatic rings. The van der Waals surface area contributed by atoms with Crippen LogP contribution in [0.3, 0.4) is 0 Å². The molecule has 2 nitrogen and oxygen atoms in total. The molecule has 0 radical (unpaired) electrons. The van der Waals surface area contributed by atoms with Crippen molar-refractivity contribution >= 4 is 5.91 Å². The quantitative estimate of drug-likeness (QED) is 0.650. The Labute approximate surface area is 93.0 Å². The van der Waals surface area contributed by atoms with Gasteiger partial charge in [0.25, 0.3) is 0 Å². The number of likely N-dealkylation sites (tertiary alicyclic amines) is 1. The zero-order valence-electron chi connectivity index (χ0n) is 10.1. The lowest BCUT2D eigenvalue weighted by molar-refractivity contribution is -0.140. The summed E-state index contributed by atoms with van der Waals surface area (Å²) < 4.78 is 0. The van der Waals surface area contributed by atoms with Crippen LogP contribution in [0.15, 0.2) is 0 Å². The van der Waals surface area contributed by atoms with Crippen LogP contribution in [0, 0.1) is 11.3 Å². The Morgan fingerprint density at radius 1 is 1.13 bits per heavy atom. The summed E-state index contributed by atoms with van der Waals surface area (Å²) in [6.45, 7) is 6.55. The van der Waals surface area contributed by atoms with E-state index >= 15 is 0 Å². The van der Waals surface area contributed by atoms with E-state index < -0.39 is 0 Å². The molecule has 1 unspecified atom stereocenters. The first-order valence-electron chi connectivity index (χ1n) is 6.40. The predicted octanol–water partition coefficient (Wildman–Crippen LogP) is 2.83. The molecular formula is C13H23NO. The molecule has 1 saturated heterocycles. The Morgan fingerprint density at radius 3 is 2.40 bits per heavy atom. The second-order valence-corrected chi connectivity index (χ2v) is 5.82. The Hall–Kier alpha value is -0.530. The lowest BCUT2D eigenvalue weighted by Gasteiger charge is -2.39. The molecule has 0 aromatic rings. The van der Waals surface area contributed by atoms with Gasteiger partial charge in [-0.25, -0.2) is 0 Å². The van der Waals surface area contributed by atoms with Gasteiger partial charge < -0.3 is 4.90 Å². The van der Waals surface area contributed by atoms with Gasteiger partial charge in [-0.3, -0.25) is 4.79 Å². The summed E-state index contributed by atoms with van der Waals surface area (Å²) in [7, 11) is 0. The SMILES string of the molecule is CC1(C)CCCCC1C(=O)N1CCCC1. The molecule has 0 N–H and O–H groups in total. The minimum Gasteiger partial charge on any atom is -0.342 e. The van der Waals surface area contributed by atoms with Gasteiger partial charge in [0.2, 0.25) is 5.91 Å². The van der Waals surface area contributed by atoms with E-state index in [4.69, 9.17) is 0 Å². The molecule has 1 amide bonds. The molecule has 0 spiro atoms. The van der Waals surface area contributed by atoms with Crippen LogP contribution in [-0.2, 0) is 4.79 Å². The number of rotatable bonds is 1. The molecule has 86 valence electrons. The Bertz CT molecular complexity index is 241. The lowest BCUT2D eigenvalue weighted by atomic mass is 9.68. The summed E-state index contributed by atoms with van der Waals surface area (Å²) in [4.78, 5) is 14.4. The molecule has 15 heavy (non-hydrogen) atoms. The third-order valence-electron chi connectivity index (χ3n) is 4.22. The van der Waals surface area contributed by atoms with Gasteiger partial charge in [0, 0.05) is 19.0 Å². The van der Waals surface area contributed by atoms with E-state index in [-0.39, 0.29) is 5.41 Å².